The molecule has 18 heavy (non-hydrogen) atoms. The molecule has 0 aliphatic rings. The van der Waals surface area contributed by atoms with Crippen LogP contribution in [0.4, 0.5) is 0 Å². The van der Waals surface area contributed by atoms with Gasteiger partial charge in [0.05, 0.1) is 6.54 Å². The van der Waals surface area contributed by atoms with Gasteiger partial charge >= 0.3 is 0 Å². The quantitative estimate of drug-likeness (QED) is 0.930. The van der Waals surface area contributed by atoms with Crippen molar-refractivity contribution in [3.8, 4) is 0 Å². The third-order valence-corrected chi connectivity index (χ3v) is 3.18. The van der Waals surface area contributed by atoms with E-state index in [1.807, 2.05) is 19.1 Å². The molecule has 0 amide bonds. The van der Waals surface area contributed by atoms with E-state index in [1.165, 1.54) is 0 Å². The summed E-state index contributed by atoms with van der Waals surface area (Å²) in [7, 11) is 0. The van der Waals surface area contributed by atoms with E-state index in [4.69, 9.17) is 23.2 Å². The second-order valence-corrected chi connectivity index (χ2v) is 4.78. The van der Waals surface area contributed by atoms with Crippen LogP contribution in [-0.4, -0.2) is 9.97 Å². The molecule has 1 N–H and O–H groups in total. The van der Waals surface area contributed by atoms with Crippen LogP contribution in [0.25, 0.3) is 0 Å². The van der Waals surface area contributed by atoms with E-state index in [0.717, 1.165) is 11.4 Å². The van der Waals surface area contributed by atoms with Gasteiger partial charge in [0.2, 0.25) is 0 Å². The number of nitrogens with one attached hydrogen (secondary N) is 1. The molecule has 1 heterocycles. The molecule has 0 bridgehead atoms. The fourth-order valence-electron chi connectivity index (χ4n) is 1.63. The maximum atomic E-state index is 6.15. The maximum absolute atomic E-state index is 6.15. The number of hydrogen-bond donors (Lipinski definition) is 1. The van der Waals surface area contributed by atoms with Gasteiger partial charge in [-0.05, 0) is 30.7 Å². The lowest BCUT2D eigenvalue weighted by atomic mass is 10.1. The number of rotatable bonds is 4. The first-order chi connectivity index (χ1) is 8.66. The third kappa shape index (κ3) is 3.42. The summed E-state index contributed by atoms with van der Waals surface area (Å²) in [5.41, 5.74) is 1.01. The molecule has 0 fully saturated rings. The van der Waals surface area contributed by atoms with E-state index in [-0.39, 0.29) is 6.04 Å². The van der Waals surface area contributed by atoms with Crippen molar-refractivity contribution in [2.24, 2.45) is 0 Å². The highest BCUT2D eigenvalue weighted by Gasteiger charge is 2.09. The van der Waals surface area contributed by atoms with Crippen molar-refractivity contribution in [2.45, 2.75) is 19.5 Å². The highest BCUT2D eigenvalue weighted by Crippen LogP contribution is 2.26. The number of benzene rings is 1. The normalized spacial score (nSPS) is 12.4. The van der Waals surface area contributed by atoms with Gasteiger partial charge in [-0.15, -0.1) is 0 Å². The Morgan fingerprint density at radius 3 is 2.61 bits per heavy atom. The molecule has 3 nitrogen and oxygen atoms in total. The van der Waals surface area contributed by atoms with Crippen LogP contribution in [0.1, 0.15) is 24.4 Å². The van der Waals surface area contributed by atoms with Gasteiger partial charge in [0.25, 0.3) is 0 Å². The van der Waals surface area contributed by atoms with Gasteiger partial charge in [-0.1, -0.05) is 29.3 Å². The van der Waals surface area contributed by atoms with E-state index in [1.54, 1.807) is 24.5 Å². The summed E-state index contributed by atoms with van der Waals surface area (Å²) in [6.07, 6.45) is 3.45. The molecule has 2 aromatic rings. The molecular formula is C13H13Cl2N3. The molecule has 1 unspecified atom stereocenters. The molecule has 0 radical (unpaired) electrons. The number of aromatic nitrogens is 2. The van der Waals surface area contributed by atoms with Crippen LogP contribution >= 0.6 is 23.2 Å². The molecule has 0 saturated heterocycles. The van der Waals surface area contributed by atoms with Gasteiger partial charge in [-0.3, -0.25) is 0 Å². The molecule has 94 valence electrons. The minimum absolute atomic E-state index is 0.110. The van der Waals surface area contributed by atoms with Crippen molar-refractivity contribution < 1.29 is 0 Å². The highest BCUT2D eigenvalue weighted by molar-refractivity contribution is 6.35. The average molecular weight is 282 g/mol. The molecule has 0 aliphatic carbocycles. The van der Waals surface area contributed by atoms with Crippen molar-refractivity contribution >= 4 is 23.2 Å². The van der Waals surface area contributed by atoms with Crippen LogP contribution < -0.4 is 5.32 Å². The minimum Gasteiger partial charge on any atom is -0.303 e. The Hall–Kier alpha value is -1.16. The summed E-state index contributed by atoms with van der Waals surface area (Å²) in [6, 6.07) is 7.41. The van der Waals surface area contributed by atoms with Crippen molar-refractivity contribution in [2.75, 3.05) is 0 Å². The summed E-state index contributed by atoms with van der Waals surface area (Å²) < 4.78 is 0. The first-order valence-corrected chi connectivity index (χ1v) is 6.36. The Morgan fingerprint density at radius 1 is 1.22 bits per heavy atom. The molecule has 1 aromatic heterocycles. The van der Waals surface area contributed by atoms with Crippen molar-refractivity contribution in [1.29, 1.82) is 0 Å². The topological polar surface area (TPSA) is 37.8 Å². The van der Waals surface area contributed by atoms with Crippen molar-refractivity contribution in [1.82, 2.24) is 15.3 Å². The average Bonchev–Trinajstić information content (AvgIpc) is 2.37. The van der Waals surface area contributed by atoms with Crippen LogP contribution in [0.5, 0.6) is 0 Å². The summed E-state index contributed by atoms with van der Waals surface area (Å²) in [4.78, 5) is 8.31. The SMILES string of the molecule is CC(NCc1ncccn1)c1ccc(Cl)cc1Cl. The zero-order chi connectivity index (χ0) is 13.0. The predicted molar refractivity (Wildman–Crippen MR) is 73.7 cm³/mol. The smallest absolute Gasteiger partial charge is 0.141 e. The van der Waals surface area contributed by atoms with E-state index >= 15 is 0 Å². The number of nitrogens with zero attached hydrogens (tertiary/aromatic N) is 2. The van der Waals surface area contributed by atoms with Crippen molar-refractivity contribution in [3.63, 3.8) is 0 Å². The molecule has 1 atom stereocenters. The molecule has 5 heteroatoms. The Kier molecular flexibility index (Phi) is 4.53. The van der Waals surface area contributed by atoms with Crippen LogP contribution in [0, 0.1) is 0 Å². The number of halogens is 2. The monoisotopic (exact) mass is 281 g/mol. The van der Waals surface area contributed by atoms with Crippen molar-refractivity contribution in [3.05, 3.63) is 58.1 Å². The maximum Gasteiger partial charge on any atom is 0.141 e. The van der Waals surface area contributed by atoms with Gasteiger partial charge in [0.1, 0.15) is 5.82 Å². The zero-order valence-electron chi connectivity index (χ0n) is 9.90. The lowest BCUT2D eigenvalue weighted by Crippen LogP contribution is -2.19. The van der Waals surface area contributed by atoms with Crippen LogP contribution in [0.3, 0.4) is 0 Å². The molecular weight excluding hydrogens is 269 g/mol. The van der Waals surface area contributed by atoms with Gasteiger partial charge in [-0.2, -0.15) is 0 Å². The Labute approximate surface area is 116 Å². The van der Waals surface area contributed by atoms with Gasteiger partial charge in [0, 0.05) is 28.5 Å². The zero-order valence-corrected chi connectivity index (χ0v) is 11.4. The molecule has 0 spiro atoms. The predicted octanol–water partition coefficient (Wildman–Crippen LogP) is 3.63. The third-order valence-electron chi connectivity index (χ3n) is 2.61. The Morgan fingerprint density at radius 2 is 1.94 bits per heavy atom. The fourth-order valence-corrected chi connectivity index (χ4v) is 2.20. The molecule has 1 aromatic carbocycles. The van der Waals surface area contributed by atoms with Gasteiger partial charge in [0.15, 0.2) is 0 Å². The van der Waals surface area contributed by atoms with E-state index in [9.17, 15) is 0 Å². The minimum atomic E-state index is 0.110. The molecule has 0 aliphatic heterocycles. The van der Waals surface area contributed by atoms with E-state index in [0.29, 0.717) is 16.6 Å². The first kappa shape index (κ1) is 13.3. The summed E-state index contributed by atoms with van der Waals surface area (Å²) >= 11 is 12.0. The largest absolute Gasteiger partial charge is 0.303 e. The Balaban J connectivity index is 2.01. The summed E-state index contributed by atoms with van der Waals surface area (Å²) in [5, 5.41) is 4.63. The standard InChI is InChI=1S/C13H13Cl2N3/c1-9(11-4-3-10(14)7-12(11)15)18-8-13-16-5-2-6-17-13/h2-7,9,18H,8H2,1H3. The lowest BCUT2D eigenvalue weighted by Gasteiger charge is -2.15. The second kappa shape index (κ2) is 6.14. The molecule has 2 rings (SSSR count). The van der Waals surface area contributed by atoms with Crippen LogP contribution in [-0.2, 0) is 6.54 Å². The Bertz CT molecular complexity index is 517. The highest BCUT2D eigenvalue weighted by atomic mass is 35.5. The fraction of sp³-hybridized carbons (Fsp3) is 0.231. The van der Waals surface area contributed by atoms with E-state index < -0.39 is 0 Å². The lowest BCUT2D eigenvalue weighted by molar-refractivity contribution is 0.559. The number of hydrogen-bond acceptors (Lipinski definition) is 3. The second-order valence-electron chi connectivity index (χ2n) is 3.93. The summed E-state index contributed by atoms with van der Waals surface area (Å²) in [5.74, 6) is 0.759. The van der Waals surface area contributed by atoms with Gasteiger partial charge < -0.3 is 5.32 Å². The molecule has 0 saturated carbocycles. The first-order valence-electron chi connectivity index (χ1n) is 5.61. The summed E-state index contributed by atoms with van der Waals surface area (Å²) in [6.45, 7) is 2.64. The van der Waals surface area contributed by atoms with Gasteiger partial charge in [-0.25, -0.2) is 9.97 Å². The van der Waals surface area contributed by atoms with Crippen LogP contribution in [0.2, 0.25) is 10.0 Å². The van der Waals surface area contributed by atoms with E-state index in [2.05, 4.69) is 15.3 Å². The van der Waals surface area contributed by atoms with Crippen LogP contribution in [0.15, 0.2) is 36.7 Å².